The van der Waals surface area contributed by atoms with Gasteiger partial charge in [-0.1, -0.05) is 18.5 Å². The summed E-state index contributed by atoms with van der Waals surface area (Å²) in [5.41, 5.74) is 1.36. The maximum absolute atomic E-state index is 12.1. The highest BCUT2D eigenvalue weighted by Gasteiger charge is 2.22. The fourth-order valence-electron chi connectivity index (χ4n) is 2.51. The number of anilines is 1. The average molecular weight is 276 g/mol. The van der Waals surface area contributed by atoms with Gasteiger partial charge in [0, 0.05) is 10.9 Å². The molecule has 0 bridgehead atoms. The highest BCUT2D eigenvalue weighted by Crippen LogP contribution is 2.33. The molecule has 0 fully saturated rings. The van der Waals surface area contributed by atoms with E-state index in [1.807, 2.05) is 6.07 Å². The molecule has 3 rings (SSSR count). The van der Waals surface area contributed by atoms with Crippen LogP contribution in [-0.4, -0.2) is 11.1 Å². The van der Waals surface area contributed by atoms with Gasteiger partial charge in [-0.05, 0) is 36.8 Å². The van der Waals surface area contributed by atoms with Crippen LogP contribution in [0.4, 0.5) is 5.82 Å². The average Bonchev–Trinajstić information content (AvgIpc) is 3.05. The summed E-state index contributed by atoms with van der Waals surface area (Å²) >= 11 is 1.61. The van der Waals surface area contributed by atoms with Crippen LogP contribution in [0.2, 0.25) is 0 Å². The fraction of sp³-hybridized carbons (Fsp3) is 0.429. The van der Waals surface area contributed by atoms with E-state index in [9.17, 15) is 4.79 Å². The number of aryl methyl sites for hydroxylation is 1. The number of aromatic nitrogens is 1. The molecule has 0 aromatic carbocycles. The summed E-state index contributed by atoms with van der Waals surface area (Å²) in [5.74, 6) is 1.14. The van der Waals surface area contributed by atoms with Crippen LogP contribution < -0.4 is 5.32 Å². The standard InChI is InChI=1S/C14H16N2O2S/c1-2-9-3-4-11-10(7-9)8-12(19-11)14(17)15-13-5-6-18-16-13/h5-6,8-9H,2-4,7H2,1H3,(H,15,16,17)/t9-/m1/s1. The van der Waals surface area contributed by atoms with Gasteiger partial charge in [0.1, 0.15) is 6.26 Å². The first kappa shape index (κ1) is 12.4. The van der Waals surface area contributed by atoms with E-state index in [1.165, 1.54) is 29.5 Å². The number of carbonyl (C=O) groups excluding carboxylic acids is 1. The van der Waals surface area contributed by atoms with Crippen molar-refractivity contribution in [1.82, 2.24) is 5.16 Å². The molecule has 2 aromatic heterocycles. The van der Waals surface area contributed by atoms with E-state index >= 15 is 0 Å². The highest BCUT2D eigenvalue weighted by atomic mass is 32.1. The Balaban J connectivity index is 1.76. The number of thiophene rings is 1. The van der Waals surface area contributed by atoms with E-state index in [0.717, 1.165) is 23.6 Å². The van der Waals surface area contributed by atoms with Crippen molar-refractivity contribution in [2.45, 2.75) is 32.6 Å². The second kappa shape index (κ2) is 5.17. The van der Waals surface area contributed by atoms with Crippen molar-refractivity contribution in [2.75, 3.05) is 5.32 Å². The van der Waals surface area contributed by atoms with Gasteiger partial charge in [-0.2, -0.15) is 0 Å². The Morgan fingerprint density at radius 1 is 1.63 bits per heavy atom. The van der Waals surface area contributed by atoms with Gasteiger partial charge in [0.2, 0.25) is 0 Å². The smallest absolute Gasteiger partial charge is 0.266 e. The van der Waals surface area contributed by atoms with Crippen molar-refractivity contribution >= 4 is 23.1 Å². The molecule has 1 aliphatic rings. The van der Waals surface area contributed by atoms with Crippen LogP contribution in [0.5, 0.6) is 0 Å². The second-order valence-corrected chi connectivity index (χ2v) is 6.05. The molecule has 0 spiro atoms. The number of nitrogens with one attached hydrogen (secondary N) is 1. The van der Waals surface area contributed by atoms with E-state index in [4.69, 9.17) is 4.52 Å². The zero-order chi connectivity index (χ0) is 13.2. The molecule has 0 saturated heterocycles. The molecule has 0 unspecified atom stereocenters. The maximum atomic E-state index is 12.1. The summed E-state index contributed by atoms with van der Waals surface area (Å²) in [6.45, 7) is 2.24. The third-order valence-corrected chi connectivity index (χ3v) is 4.90. The molecule has 0 aliphatic heterocycles. The zero-order valence-corrected chi connectivity index (χ0v) is 11.6. The van der Waals surface area contributed by atoms with E-state index in [0.29, 0.717) is 5.82 Å². The molecule has 2 aromatic rings. The lowest BCUT2D eigenvalue weighted by Crippen LogP contribution is -2.11. The van der Waals surface area contributed by atoms with Crippen molar-refractivity contribution < 1.29 is 9.32 Å². The molecule has 4 nitrogen and oxygen atoms in total. The number of fused-ring (bicyclic) bond motifs is 1. The molecule has 19 heavy (non-hydrogen) atoms. The molecular formula is C14H16N2O2S. The van der Waals surface area contributed by atoms with Crippen LogP contribution in [0.3, 0.4) is 0 Å². The number of hydrogen-bond acceptors (Lipinski definition) is 4. The Hall–Kier alpha value is -1.62. The molecule has 2 heterocycles. The first-order chi connectivity index (χ1) is 9.26. The highest BCUT2D eigenvalue weighted by molar-refractivity contribution is 7.14. The van der Waals surface area contributed by atoms with Crippen LogP contribution in [0, 0.1) is 5.92 Å². The predicted octanol–water partition coefficient (Wildman–Crippen LogP) is 3.50. The van der Waals surface area contributed by atoms with Crippen molar-refractivity contribution in [1.29, 1.82) is 0 Å². The summed E-state index contributed by atoms with van der Waals surface area (Å²) in [5, 5.41) is 6.43. The van der Waals surface area contributed by atoms with Gasteiger partial charge in [0.15, 0.2) is 5.82 Å². The number of rotatable bonds is 3. The molecule has 1 atom stereocenters. The van der Waals surface area contributed by atoms with Crippen LogP contribution >= 0.6 is 11.3 Å². The Morgan fingerprint density at radius 2 is 2.53 bits per heavy atom. The van der Waals surface area contributed by atoms with Gasteiger partial charge in [0.05, 0.1) is 4.88 Å². The summed E-state index contributed by atoms with van der Waals surface area (Å²) < 4.78 is 4.70. The van der Waals surface area contributed by atoms with Gasteiger partial charge < -0.3 is 9.84 Å². The molecule has 0 radical (unpaired) electrons. The number of hydrogen-bond donors (Lipinski definition) is 1. The van der Waals surface area contributed by atoms with E-state index < -0.39 is 0 Å². The molecule has 1 aliphatic carbocycles. The third kappa shape index (κ3) is 2.56. The minimum absolute atomic E-state index is 0.0960. The molecule has 100 valence electrons. The van der Waals surface area contributed by atoms with Gasteiger partial charge in [-0.15, -0.1) is 11.3 Å². The minimum Gasteiger partial charge on any atom is -0.363 e. The summed E-state index contributed by atoms with van der Waals surface area (Å²) in [4.78, 5) is 14.2. The van der Waals surface area contributed by atoms with Crippen LogP contribution in [-0.2, 0) is 12.8 Å². The molecule has 5 heteroatoms. The topological polar surface area (TPSA) is 55.1 Å². The molecule has 1 N–H and O–H groups in total. The zero-order valence-electron chi connectivity index (χ0n) is 10.8. The first-order valence-electron chi connectivity index (χ1n) is 6.59. The summed E-state index contributed by atoms with van der Waals surface area (Å²) in [6.07, 6.45) is 6.13. The molecule has 0 saturated carbocycles. The van der Waals surface area contributed by atoms with E-state index in [-0.39, 0.29) is 5.91 Å². The van der Waals surface area contributed by atoms with Crippen LogP contribution in [0.1, 0.15) is 39.9 Å². The van der Waals surface area contributed by atoms with E-state index in [1.54, 1.807) is 17.4 Å². The van der Waals surface area contributed by atoms with Crippen molar-refractivity contribution in [3.05, 3.63) is 33.7 Å². The fourth-order valence-corrected chi connectivity index (χ4v) is 3.62. The lowest BCUT2D eigenvalue weighted by molar-refractivity contribution is 0.102. The van der Waals surface area contributed by atoms with Crippen LogP contribution in [0.15, 0.2) is 22.9 Å². The summed E-state index contributed by atoms with van der Waals surface area (Å²) in [7, 11) is 0. The van der Waals surface area contributed by atoms with Crippen molar-refractivity contribution in [3.8, 4) is 0 Å². The Bertz CT molecular complexity index is 574. The lowest BCUT2D eigenvalue weighted by atomic mass is 9.87. The number of nitrogens with zero attached hydrogens (tertiary/aromatic N) is 1. The lowest BCUT2D eigenvalue weighted by Gasteiger charge is -2.19. The Kier molecular flexibility index (Phi) is 3.38. The second-order valence-electron chi connectivity index (χ2n) is 4.91. The quantitative estimate of drug-likeness (QED) is 0.933. The van der Waals surface area contributed by atoms with Crippen molar-refractivity contribution in [3.63, 3.8) is 0 Å². The summed E-state index contributed by atoms with van der Waals surface area (Å²) in [6, 6.07) is 3.68. The van der Waals surface area contributed by atoms with Gasteiger partial charge in [-0.25, -0.2) is 0 Å². The van der Waals surface area contributed by atoms with E-state index in [2.05, 4.69) is 17.4 Å². The monoisotopic (exact) mass is 276 g/mol. The largest absolute Gasteiger partial charge is 0.363 e. The predicted molar refractivity (Wildman–Crippen MR) is 74.6 cm³/mol. The number of carbonyl (C=O) groups is 1. The Morgan fingerprint density at radius 3 is 3.26 bits per heavy atom. The molecule has 1 amide bonds. The van der Waals surface area contributed by atoms with Crippen LogP contribution in [0.25, 0.3) is 0 Å². The van der Waals surface area contributed by atoms with Gasteiger partial charge in [0.25, 0.3) is 5.91 Å². The normalized spacial score (nSPS) is 18.1. The number of amides is 1. The van der Waals surface area contributed by atoms with Gasteiger partial charge in [-0.3, -0.25) is 4.79 Å². The minimum atomic E-state index is -0.0960. The van der Waals surface area contributed by atoms with Crippen molar-refractivity contribution in [2.24, 2.45) is 5.92 Å². The third-order valence-electron chi connectivity index (χ3n) is 3.67. The first-order valence-corrected chi connectivity index (χ1v) is 7.41. The van der Waals surface area contributed by atoms with Gasteiger partial charge >= 0.3 is 0 Å². The Labute approximate surface area is 115 Å². The maximum Gasteiger partial charge on any atom is 0.266 e. The molecular weight excluding hydrogens is 260 g/mol. The SMILES string of the molecule is CC[C@@H]1CCc2sc(C(=O)Nc3ccon3)cc2C1.